The molecule has 0 spiro atoms. The molecule has 31 heavy (non-hydrogen) atoms. The average Bonchev–Trinajstić information content (AvgIpc) is 2.79. The first-order valence-electron chi connectivity index (χ1n) is 9.76. The van der Waals surface area contributed by atoms with Crippen LogP contribution in [0, 0.1) is 0 Å². The zero-order chi connectivity index (χ0) is 21.8. The zero-order valence-electron chi connectivity index (χ0n) is 16.8. The molecule has 0 bridgehead atoms. The zero-order valence-corrected chi connectivity index (χ0v) is 19.9. The third kappa shape index (κ3) is 5.11. The number of hydrogen-bond donors (Lipinski definition) is 0. The van der Waals surface area contributed by atoms with E-state index in [4.69, 9.17) is 4.74 Å². The van der Waals surface area contributed by atoms with Crippen molar-refractivity contribution in [1.29, 1.82) is 0 Å². The minimum Gasteiger partial charge on any atom is -0.489 e. The van der Waals surface area contributed by atoms with Crippen molar-refractivity contribution in [3.63, 3.8) is 0 Å². The third-order valence-electron chi connectivity index (χ3n) is 4.71. The summed E-state index contributed by atoms with van der Waals surface area (Å²) in [7, 11) is 0. The Hall–Kier alpha value is -2.77. The Labute approximate surface area is 196 Å². The fraction of sp³-hybridized carbons (Fsp3) is 0.125. The van der Waals surface area contributed by atoms with Crippen LogP contribution in [-0.4, -0.2) is 15.9 Å². The molecule has 0 amide bonds. The number of hydrogen-bond acceptors (Lipinski definition) is 4. The molecule has 4 rings (SSSR count). The van der Waals surface area contributed by atoms with Crippen molar-refractivity contribution in [3.8, 4) is 5.75 Å². The first-order chi connectivity index (χ1) is 15.0. The van der Waals surface area contributed by atoms with E-state index in [0.29, 0.717) is 29.8 Å². The van der Waals surface area contributed by atoms with Crippen LogP contribution >= 0.6 is 31.9 Å². The highest BCUT2D eigenvalue weighted by molar-refractivity contribution is 9.10. The van der Waals surface area contributed by atoms with E-state index in [1.807, 2.05) is 67.6 Å². The number of aryl methyl sites for hydroxylation is 1. The molecule has 1 heterocycles. The summed E-state index contributed by atoms with van der Waals surface area (Å²) in [6, 6.07) is 21.1. The van der Waals surface area contributed by atoms with Gasteiger partial charge in [-0.3, -0.25) is 4.79 Å². The van der Waals surface area contributed by atoms with Crippen LogP contribution < -0.4 is 10.3 Å². The molecular weight excluding hydrogens is 522 g/mol. The van der Waals surface area contributed by atoms with Crippen molar-refractivity contribution in [3.05, 3.63) is 103 Å². The van der Waals surface area contributed by atoms with E-state index in [1.165, 1.54) is 4.68 Å². The van der Waals surface area contributed by atoms with Gasteiger partial charge in [-0.15, -0.1) is 0 Å². The second-order valence-electron chi connectivity index (χ2n) is 6.89. The van der Waals surface area contributed by atoms with Crippen LogP contribution in [0.25, 0.3) is 10.9 Å². The molecule has 3 aromatic carbocycles. The molecule has 0 N–H and O–H groups in total. The van der Waals surface area contributed by atoms with E-state index < -0.39 is 0 Å². The molecule has 0 unspecified atom stereocenters. The van der Waals surface area contributed by atoms with Crippen molar-refractivity contribution in [2.24, 2.45) is 5.10 Å². The smallest absolute Gasteiger partial charge is 0.282 e. The molecule has 0 radical (unpaired) electrons. The standard InChI is InChI=1S/C24H19Br2N3O2/c1-2-23-28-22-12-9-19(26)13-21(22)24(30)29(23)27-14-16-5-10-20(11-6-16)31-15-17-3-7-18(25)8-4-17/h3-14H,2,15H2,1H3. The minimum atomic E-state index is -0.186. The van der Waals surface area contributed by atoms with Gasteiger partial charge in [-0.05, 0) is 65.7 Å². The second-order valence-corrected chi connectivity index (χ2v) is 8.72. The fourth-order valence-corrected chi connectivity index (χ4v) is 3.69. The van der Waals surface area contributed by atoms with Gasteiger partial charge in [0, 0.05) is 15.4 Å². The lowest BCUT2D eigenvalue weighted by Crippen LogP contribution is -2.22. The summed E-state index contributed by atoms with van der Waals surface area (Å²) in [5.74, 6) is 1.38. The topological polar surface area (TPSA) is 56.5 Å². The largest absolute Gasteiger partial charge is 0.489 e. The van der Waals surface area contributed by atoms with Gasteiger partial charge in [0.15, 0.2) is 0 Å². The number of rotatable bonds is 6. The molecule has 5 nitrogen and oxygen atoms in total. The Bertz CT molecular complexity index is 1300. The van der Waals surface area contributed by atoms with Crippen molar-refractivity contribution in [1.82, 2.24) is 9.66 Å². The number of nitrogens with zero attached hydrogens (tertiary/aromatic N) is 3. The van der Waals surface area contributed by atoms with Gasteiger partial charge in [-0.25, -0.2) is 4.98 Å². The van der Waals surface area contributed by atoms with E-state index in [0.717, 1.165) is 25.8 Å². The van der Waals surface area contributed by atoms with Crippen LogP contribution in [0.4, 0.5) is 0 Å². The summed E-state index contributed by atoms with van der Waals surface area (Å²) >= 11 is 6.84. The average molecular weight is 541 g/mol. The van der Waals surface area contributed by atoms with Gasteiger partial charge in [-0.2, -0.15) is 9.78 Å². The number of benzene rings is 3. The van der Waals surface area contributed by atoms with Crippen molar-refractivity contribution < 1.29 is 4.74 Å². The van der Waals surface area contributed by atoms with Crippen LogP contribution in [0.1, 0.15) is 23.9 Å². The quantitative estimate of drug-likeness (QED) is 0.284. The monoisotopic (exact) mass is 539 g/mol. The van der Waals surface area contributed by atoms with Crippen molar-refractivity contribution in [2.45, 2.75) is 20.0 Å². The fourth-order valence-electron chi connectivity index (χ4n) is 3.06. The Balaban J connectivity index is 1.53. The molecule has 156 valence electrons. The number of ether oxygens (including phenoxy) is 1. The van der Waals surface area contributed by atoms with Crippen molar-refractivity contribution >= 4 is 49.0 Å². The Morgan fingerprint density at radius 1 is 1.00 bits per heavy atom. The normalized spacial score (nSPS) is 11.3. The lowest BCUT2D eigenvalue weighted by atomic mass is 10.2. The van der Waals surface area contributed by atoms with Gasteiger partial charge in [0.1, 0.15) is 18.2 Å². The maximum atomic E-state index is 12.9. The van der Waals surface area contributed by atoms with E-state index >= 15 is 0 Å². The van der Waals surface area contributed by atoms with Gasteiger partial charge >= 0.3 is 0 Å². The molecule has 0 aliphatic heterocycles. The van der Waals surface area contributed by atoms with Gasteiger partial charge in [0.05, 0.1) is 17.1 Å². The summed E-state index contributed by atoms with van der Waals surface area (Å²) in [6.45, 7) is 2.45. The molecule has 1 aromatic heterocycles. The maximum absolute atomic E-state index is 12.9. The van der Waals surface area contributed by atoms with Crippen molar-refractivity contribution in [2.75, 3.05) is 0 Å². The SMILES string of the molecule is CCc1nc2ccc(Br)cc2c(=O)n1N=Cc1ccc(OCc2ccc(Br)cc2)cc1. The lowest BCUT2D eigenvalue weighted by molar-refractivity contribution is 0.306. The van der Waals surface area contributed by atoms with Crippen LogP contribution in [0.3, 0.4) is 0 Å². The number of aromatic nitrogens is 2. The van der Waals surface area contributed by atoms with Crippen LogP contribution in [-0.2, 0) is 13.0 Å². The molecule has 4 aromatic rings. The summed E-state index contributed by atoms with van der Waals surface area (Å²) < 4.78 is 9.08. The molecular formula is C24H19Br2N3O2. The number of fused-ring (bicyclic) bond motifs is 1. The highest BCUT2D eigenvalue weighted by atomic mass is 79.9. The first-order valence-corrected chi connectivity index (χ1v) is 11.3. The first kappa shape index (κ1) is 21.5. The molecule has 0 saturated carbocycles. The lowest BCUT2D eigenvalue weighted by Gasteiger charge is -2.08. The van der Waals surface area contributed by atoms with Crippen LogP contribution in [0.2, 0.25) is 0 Å². The molecule has 0 aliphatic carbocycles. The molecule has 0 fully saturated rings. The van der Waals surface area contributed by atoms with Crippen LogP contribution in [0.5, 0.6) is 5.75 Å². The number of halogens is 2. The van der Waals surface area contributed by atoms with Gasteiger partial charge in [0.25, 0.3) is 5.56 Å². The summed E-state index contributed by atoms with van der Waals surface area (Å²) in [6.07, 6.45) is 2.26. The Morgan fingerprint density at radius 3 is 2.42 bits per heavy atom. The Kier molecular flexibility index (Phi) is 6.63. The third-order valence-corrected chi connectivity index (χ3v) is 5.73. The summed E-state index contributed by atoms with van der Waals surface area (Å²) in [5.41, 5.74) is 2.44. The van der Waals surface area contributed by atoms with Gasteiger partial charge < -0.3 is 4.74 Å². The van der Waals surface area contributed by atoms with E-state index in [1.54, 1.807) is 12.3 Å². The minimum absolute atomic E-state index is 0.186. The van der Waals surface area contributed by atoms with E-state index in [9.17, 15) is 4.79 Å². The van der Waals surface area contributed by atoms with Crippen LogP contribution in [0.15, 0.2) is 85.6 Å². The summed E-state index contributed by atoms with van der Waals surface area (Å²) in [4.78, 5) is 17.5. The highest BCUT2D eigenvalue weighted by Gasteiger charge is 2.09. The van der Waals surface area contributed by atoms with Gasteiger partial charge in [-0.1, -0.05) is 50.9 Å². The molecule has 7 heteroatoms. The second kappa shape index (κ2) is 9.58. The van der Waals surface area contributed by atoms with E-state index in [2.05, 4.69) is 41.9 Å². The van der Waals surface area contributed by atoms with Gasteiger partial charge in [0.2, 0.25) is 0 Å². The maximum Gasteiger partial charge on any atom is 0.282 e. The summed E-state index contributed by atoms with van der Waals surface area (Å²) in [5, 5.41) is 4.94. The molecule has 0 saturated heterocycles. The predicted molar refractivity (Wildman–Crippen MR) is 131 cm³/mol. The molecule has 0 atom stereocenters. The predicted octanol–water partition coefficient (Wildman–Crippen LogP) is 5.95. The molecule has 0 aliphatic rings. The van der Waals surface area contributed by atoms with E-state index in [-0.39, 0.29) is 5.56 Å². The Morgan fingerprint density at radius 2 is 1.71 bits per heavy atom. The highest BCUT2D eigenvalue weighted by Crippen LogP contribution is 2.17.